The SMILES string of the molecule is Cc1ccc(C(=O)N(Cc2cc(-c3ccc(F)cc3)on2)CC(C)C)cc1. The third-order valence-corrected chi connectivity index (χ3v) is 4.21. The summed E-state index contributed by atoms with van der Waals surface area (Å²) in [6, 6.07) is 15.4. The maximum absolute atomic E-state index is 13.1. The first-order chi connectivity index (χ1) is 12.9. The summed E-state index contributed by atoms with van der Waals surface area (Å²) in [7, 11) is 0. The number of nitrogens with zero attached hydrogens (tertiary/aromatic N) is 2. The average molecular weight is 366 g/mol. The zero-order valence-corrected chi connectivity index (χ0v) is 15.8. The minimum absolute atomic E-state index is 0.0324. The quantitative estimate of drug-likeness (QED) is 0.611. The molecule has 0 aliphatic heterocycles. The molecule has 140 valence electrons. The van der Waals surface area contributed by atoms with Crippen LogP contribution in [0.5, 0.6) is 0 Å². The molecule has 3 rings (SSSR count). The van der Waals surface area contributed by atoms with Crippen LogP contribution in [-0.2, 0) is 6.54 Å². The highest BCUT2D eigenvalue weighted by atomic mass is 19.1. The smallest absolute Gasteiger partial charge is 0.254 e. The molecule has 1 aromatic heterocycles. The molecule has 0 saturated heterocycles. The first-order valence-corrected chi connectivity index (χ1v) is 9.00. The van der Waals surface area contributed by atoms with Crippen LogP contribution in [0.25, 0.3) is 11.3 Å². The van der Waals surface area contributed by atoms with Crippen LogP contribution in [0.3, 0.4) is 0 Å². The van der Waals surface area contributed by atoms with E-state index in [2.05, 4.69) is 19.0 Å². The molecule has 5 heteroatoms. The number of aromatic nitrogens is 1. The third-order valence-electron chi connectivity index (χ3n) is 4.21. The molecule has 0 unspecified atom stereocenters. The lowest BCUT2D eigenvalue weighted by Crippen LogP contribution is -2.33. The summed E-state index contributed by atoms with van der Waals surface area (Å²) in [5.41, 5.74) is 3.18. The number of carbonyl (C=O) groups excluding carboxylic acids is 1. The molecule has 0 bridgehead atoms. The number of rotatable bonds is 6. The van der Waals surface area contributed by atoms with Gasteiger partial charge in [0.2, 0.25) is 0 Å². The van der Waals surface area contributed by atoms with Crippen LogP contribution in [0.2, 0.25) is 0 Å². The zero-order valence-electron chi connectivity index (χ0n) is 15.8. The average Bonchev–Trinajstić information content (AvgIpc) is 3.10. The number of hydrogen-bond acceptors (Lipinski definition) is 3. The molecule has 2 aromatic carbocycles. The van der Waals surface area contributed by atoms with Crippen molar-refractivity contribution in [2.75, 3.05) is 6.54 Å². The largest absolute Gasteiger partial charge is 0.356 e. The number of amides is 1. The minimum atomic E-state index is -0.301. The van der Waals surface area contributed by atoms with Gasteiger partial charge in [-0.3, -0.25) is 4.79 Å². The lowest BCUT2D eigenvalue weighted by atomic mass is 10.1. The molecule has 3 aromatic rings. The van der Waals surface area contributed by atoms with Crippen molar-refractivity contribution in [3.8, 4) is 11.3 Å². The van der Waals surface area contributed by atoms with Gasteiger partial charge in [0.1, 0.15) is 11.5 Å². The monoisotopic (exact) mass is 366 g/mol. The van der Waals surface area contributed by atoms with Crippen molar-refractivity contribution in [3.05, 3.63) is 77.2 Å². The normalized spacial score (nSPS) is 11.0. The van der Waals surface area contributed by atoms with Gasteiger partial charge in [0.05, 0.1) is 6.54 Å². The predicted octanol–water partition coefficient (Wildman–Crippen LogP) is 5.09. The Bertz CT molecular complexity index is 899. The molecule has 0 aliphatic rings. The van der Waals surface area contributed by atoms with E-state index in [-0.39, 0.29) is 11.7 Å². The van der Waals surface area contributed by atoms with E-state index in [9.17, 15) is 9.18 Å². The molecule has 0 atom stereocenters. The fourth-order valence-electron chi connectivity index (χ4n) is 2.87. The molecule has 1 amide bonds. The fourth-order valence-corrected chi connectivity index (χ4v) is 2.87. The van der Waals surface area contributed by atoms with Crippen LogP contribution in [0.1, 0.15) is 35.5 Å². The summed E-state index contributed by atoms with van der Waals surface area (Å²) < 4.78 is 18.5. The van der Waals surface area contributed by atoms with Gasteiger partial charge < -0.3 is 9.42 Å². The maximum Gasteiger partial charge on any atom is 0.254 e. The van der Waals surface area contributed by atoms with Gasteiger partial charge in [0.25, 0.3) is 5.91 Å². The molecule has 1 heterocycles. The van der Waals surface area contributed by atoms with Crippen molar-refractivity contribution in [2.24, 2.45) is 5.92 Å². The van der Waals surface area contributed by atoms with Gasteiger partial charge >= 0.3 is 0 Å². The van der Waals surface area contributed by atoms with Gasteiger partial charge in [0, 0.05) is 23.7 Å². The Kier molecular flexibility index (Phi) is 5.69. The van der Waals surface area contributed by atoms with Gasteiger partial charge in [-0.1, -0.05) is 36.7 Å². The van der Waals surface area contributed by atoms with E-state index >= 15 is 0 Å². The van der Waals surface area contributed by atoms with Crippen molar-refractivity contribution >= 4 is 5.91 Å². The van der Waals surface area contributed by atoms with E-state index in [1.54, 1.807) is 23.1 Å². The van der Waals surface area contributed by atoms with Crippen LogP contribution in [0.15, 0.2) is 59.1 Å². The molecule has 27 heavy (non-hydrogen) atoms. The van der Waals surface area contributed by atoms with E-state index in [1.165, 1.54) is 12.1 Å². The van der Waals surface area contributed by atoms with Crippen molar-refractivity contribution in [1.82, 2.24) is 10.1 Å². The fraction of sp³-hybridized carbons (Fsp3) is 0.273. The summed E-state index contributed by atoms with van der Waals surface area (Å²) in [6.45, 7) is 7.11. The highest BCUT2D eigenvalue weighted by Gasteiger charge is 2.19. The van der Waals surface area contributed by atoms with E-state index in [0.29, 0.717) is 36.0 Å². The summed E-state index contributed by atoms with van der Waals surface area (Å²) in [5, 5.41) is 4.09. The lowest BCUT2D eigenvalue weighted by Gasteiger charge is -2.23. The van der Waals surface area contributed by atoms with Crippen molar-refractivity contribution in [1.29, 1.82) is 0 Å². The Morgan fingerprint density at radius 3 is 2.41 bits per heavy atom. The Morgan fingerprint density at radius 1 is 1.11 bits per heavy atom. The van der Waals surface area contributed by atoms with Crippen molar-refractivity contribution in [2.45, 2.75) is 27.3 Å². The standard InChI is InChI=1S/C22H23FN2O2/c1-15(2)13-25(22(26)18-6-4-16(3)5-7-18)14-20-12-21(27-24-20)17-8-10-19(23)11-9-17/h4-12,15H,13-14H2,1-3H3. The van der Waals surface area contributed by atoms with Gasteiger partial charge in [-0.15, -0.1) is 0 Å². The number of hydrogen-bond donors (Lipinski definition) is 0. The van der Waals surface area contributed by atoms with Crippen LogP contribution in [0.4, 0.5) is 4.39 Å². The Labute approximate surface area is 158 Å². The van der Waals surface area contributed by atoms with Crippen LogP contribution < -0.4 is 0 Å². The van der Waals surface area contributed by atoms with Crippen molar-refractivity contribution in [3.63, 3.8) is 0 Å². The highest BCUT2D eigenvalue weighted by Crippen LogP contribution is 2.22. The first kappa shape index (κ1) is 18.8. The first-order valence-electron chi connectivity index (χ1n) is 9.00. The lowest BCUT2D eigenvalue weighted by molar-refractivity contribution is 0.0719. The number of benzene rings is 2. The summed E-state index contributed by atoms with van der Waals surface area (Å²) in [5.74, 6) is 0.542. The van der Waals surface area contributed by atoms with Crippen molar-refractivity contribution < 1.29 is 13.7 Å². The molecule has 0 N–H and O–H groups in total. The molecular weight excluding hydrogens is 343 g/mol. The van der Waals surface area contributed by atoms with Crippen LogP contribution >= 0.6 is 0 Å². The number of aryl methyl sites for hydroxylation is 1. The molecule has 4 nitrogen and oxygen atoms in total. The second-order valence-electron chi connectivity index (χ2n) is 7.13. The summed E-state index contributed by atoms with van der Waals surface area (Å²) >= 11 is 0. The molecule has 0 spiro atoms. The molecule has 0 saturated carbocycles. The number of carbonyl (C=O) groups is 1. The van der Waals surface area contributed by atoms with Gasteiger partial charge in [-0.25, -0.2) is 4.39 Å². The van der Waals surface area contributed by atoms with E-state index in [0.717, 1.165) is 11.1 Å². The highest BCUT2D eigenvalue weighted by molar-refractivity contribution is 5.94. The van der Waals surface area contributed by atoms with Gasteiger partial charge in [-0.05, 0) is 49.2 Å². The maximum atomic E-state index is 13.1. The Morgan fingerprint density at radius 2 is 1.78 bits per heavy atom. The van der Waals surface area contributed by atoms with E-state index < -0.39 is 0 Å². The zero-order chi connectivity index (χ0) is 19.4. The van der Waals surface area contributed by atoms with Gasteiger partial charge in [-0.2, -0.15) is 0 Å². The third kappa shape index (κ3) is 4.82. The van der Waals surface area contributed by atoms with Crippen LogP contribution in [0, 0.1) is 18.7 Å². The molecule has 0 aliphatic carbocycles. The second kappa shape index (κ2) is 8.16. The predicted molar refractivity (Wildman–Crippen MR) is 103 cm³/mol. The molecule has 0 fully saturated rings. The summed E-state index contributed by atoms with van der Waals surface area (Å²) in [4.78, 5) is 14.7. The van der Waals surface area contributed by atoms with E-state index in [1.807, 2.05) is 31.2 Å². The molecule has 0 radical (unpaired) electrons. The van der Waals surface area contributed by atoms with E-state index in [4.69, 9.17) is 4.52 Å². The van der Waals surface area contributed by atoms with Gasteiger partial charge in [0.15, 0.2) is 5.76 Å². The Balaban J connectivity index is 1.79. The second-order valence-corrected chi connectivity index (χ2v) is 7.13. The Hall–Kier alpha value is -2.95. The number of halogens is 1. The topological polar surface area (TPSA) is 46.3 Å². The minimum Gasteiger partial charge on any atom is -0.356 e. The molecular formula is C22H23FN2O2. The van der Waals surface area contributed by atoms with Crippen LogP contribution in [-0.4, -0.2) is 22.5 Å². The summed E-state index contributed by atoms with van der Waals surface area (Å²) in [6.07, 6.45) is 0.